The van der Waals surface area contributed by atoms with Crippen LogP contribution in [-0.2, 0) is 6.54 Å². The minimum atomic E-state index is -0.739. The van der Waals surface area contributed by atoms with Gasteiger partial charge in [-0.2, -0.15) is 0 Å². The predicted octanol–water partition coefficient (Wildman–Crippen LogP) is 3.27. The molecule has 9 heteroatoms. The van der Waals surface area contributed by atoms with Crippen LogP contribution in [0.2, 0.25) is 0 Å². The molecule has 0 atom stereocenters. The fourth-order valence-electron chi connectivity index (χ4n) is 2.92. The molecule has 3 aromatic heterocycles. The number of benzene rings is 1. The first kappa shape index (κ1) is 21.1. The van der Waals surface area contributed by atoms with Crippen LogP contribution in [-0.4, -0.2) is 19.1 Å². The van der Waals surface area contributed by atoms with E-state index >= 15 is 0 Å². The average molecular weight is 430 g/mol. The van der Waals surface area contributed by atoms with Gasteiger partial charge in [0, 0.05) is 18.1 Å². The van der Waals surface area contributed by atoms with E-state index in [0.717, 1.165) is 11.8 Å². The van der Waals surface area contributed by atoms with Gasteiger partial charge in [-0.3, -0.25) is 19.0 Å². The fourth-order valence-corrected chi connectivity index (χ4v) is 2.92. The lowest BCUT2D eigenvalue weighted by Gasteiger charge is -2.13. The molecule has 0 aliphatic heterocycles. The maximum Gasteiger partial charge on any atom is 0.279 e. The lowest BCUT2D eigenvalue weighted by atomic mass is 10.2. The van der Waals surface area contributed by atoms with Gasteiger partial charge in [0.05, 0.1) is 18.8 Å². The Balaban J connectivity index is 0.00000256. The van der Waals surface area contributed by atoms with Crippen molar-refractivity contribution in [3.63, 3.8) is 0 Å². The molecule has 1 N–H and O–H groups in total. The third kappa shape index (κ3) is 4.04. The van der Waals surface area contributed by atoms with Crippen LogP contribution in [0.15, 0.2) is 70.6 Å². The summed E-state index contributed by atoms with van der Waals surface area (Å²) < 4.78 is 21.4. The van der Waals surface area contributed by atoms with Gasteiger partial charge in [0.1, 0.15) is 11.6 Å². The number of pyridine rings is 2. The van der Waals surface area contributed by atoms with E-state index in [1.807, 2.05) is 6.92 Å². The molecule has 0 spiro atoms. The van der Waals surface area contributed by atoms with Crippen LogP contribution in [0.5, 0.6) is 17.4 Å². The highest BCUT2D eigenvalue weighted by atomic mass is 35.5. The molecule has 3 heterocycles. The van der Waals surface area contributed by atoms with Crippen LogP contribution in [0.1, 0.15) is 11.3 Å². The molecule has 7 nitrogen and oxygen atoms in total. The van der Waals surface area contributed by atoms with Crippen molar-refractivity contribution in [2.24, 2.45) is 0 Å². The number of hydrogen-bond acceptors (Lipinski definition) is 5. The number of aromatic nitrogens is 3. The minimum Gasteiger partial charge on any atom is -0.503 e. The molecule has 0 unspecified atom stereocenters. The van der Waals surface area contributed by atoms with E-state index < -0.39 is 16.7 Å². The summed E-state index contributed by atoms with van der Waals surface area (Å²) in [5, 5.41) is 10.2. The molecule has 1 aromatic carbocycles. The normalized spacial score (nSPS) is 10.6. The Bertz CT molecular complexity index is 1320. The maximum atomic E-state index is 13.1. The van der Waals surface area contributed by atoms with E-state index in [0.29, 0.717) is 11.3 Å². The quantitative estimate of drug-likeness (QED) is 0.538. The molecule has 0 radical (unpaired) electrons. The summed E-state index contributed by atoms with van der Waals surface area (Å²) in [5.74, 6) is -0.599. The van der Waals surface area contributed by atoms with E-state index in [1.54, 1.807) is 24.3 Å². The third-order valence-corrected chi connectivity index (χ3v) is 4.42. The minimum absolute atomic E-state index is 0. The van der Waals surface area contributed by atoms with Crippen LogP contribution in [0.4, 0.5) is 4.39 Å². The predicted molar refractivity (Wildman–Crippen MR) is 111 cm³/mol. The van der Waals surface area contributed by atoms with Crippen molar-refractivity contribution in [1.29, 1.82) is 0 Å². The van der Waals surface area contributed by atoms with E-state index in [9.17, 15) is 19.1 Å². The van der Waals surface area contributed by atoms with Crippen LogP contribution in [0, 0.1) is 12.7 Å². The molecule has 30 heavy (non-hydrogen) atoms. The van der Waals surface area contributed by atoms with Crippen LogP contribution in [0.25, 0.3) is 5.52 Å². The molecule has 0 amide bonds. The summed E-state index contributed by atoms with van der Waals surface area (Å²) in [6.07, 6.45) is 4.51. The van der Waals surface area contributed by atoms with Gasteiger partial charge >= 0.3 is 0 Å². The Labute approximate surface area is 176 Å². The third-order valence-electron chi connectivity index (χ3n) is 4.42. The molecule has 154 valence electrons. The van der Waals surface area contributed by atoms with Gasteiger partial charge in [0.2, 0.25) is 11.3 Å². The highest BCUT2D eigenvalue weighted by Crippen LogP contribution is 2.23. The van der Waals surface area contributed by atoms with Gasteiger partial charge in [-0.1, -0.05) is 12.1 Å². The van der Waals surface area contributed by atoms with Crippen molar-refractivity contribution in [3.05, 3.63) is 98.7 Å². The first-order valence-corrected chi connectivity index (χ1v) is 8.75. The molecule has 4 aromatic rings. The summed E-state index contributed by atoms with van der Waals surface area (Å²) >= 11 is 0. The van der Waals surface area contributed by atoms with Crippen LogP contribution < -0.4 is 15.7 Å². The maximum absolute atomic E-state index is 13.1. The molecular weight excluding hydrogens is 413 g/mol. The summed E-state index contributed by atoms with van der Waals surface area (Å²) in [4.78, 5) is 29.3. The Morgan fingerprint density at radius 1 is 1.10 bits per heavy atom. The number of aryl methyl sites for hydroxylation is 1. The molecule has 0 saturated heterocycles. The second kappa shape index (κ2) is 8.38. The van der Waals surface area contributed by atoms with E-state index in [4.69, 9.17) is 4.74 Å². The summed E-state index contributed by atoms with van der Waals surface area (Å²) in [5.41, 5.74) is -0.0422. The fraction of sp³-hybridized carbons (Fsp3) is 0.0952. The molecule has 4 rings (SSSR count). The lowest BCUT2D eigenvalue weighted by molar-refractivity contribution is 0.439. The zero-order valence-corrected chi connectivity index (χ0v) is 16.6. The molecule has 0 saturated carbocycles. The SMILES string of the molecule is Cc1ccc(Oc2cc(=O)c(O)c3c(=O)n(Cc4ccc(F)cc4)ccn23)cn1.Cl. The van der Waals surface area contributed by atoms with E-state index in [2.05, 4.69) is 4.98 Å². The van der Waals surface area contributed by atoms with Gasteiger partial charge in [-0.15, -0.1) is 12.4 Å². The lowest BCUT2D eigenvalue weighted by Crippen LogP contribution is -2.24. The van der Waals surface area contributed by atoms with Crippen molar-refractivity contribution < 1.29 is 14.2 Å². The number of fused-ring (bicyclic) bond motifs is 1. The van der Waals surface area contributed by atoms with Gasteiger partial charge in [0.25, 0.3) is 5.56 Å². The number of ether oxygens (including phenoxy) is 1. The van der Waals surface area contributed by atoms with E-state index in [1.165, 1.54) is 39.7 Å². The number of nitrogens with zero attached hydrogens (tertiary/aromatic N) is 3. The van der Waals surface area contributed by atoms with Crippen molar-refractivity contribution in [2.45, 2.75) is 13.5 Å². The Hall–Kier alpha value is -3.65. The largest absolute Gasteiger partial charge is 0.503 e. The first-order chi connectivity index (χ1) is 13.9. The van der Waals surface area contributed by atoms with Gasteiger partial charge in [-0.05, 0) is 36.8 Å². The summed E-state index contributed by atoms with van der Waals surface area (Å²) in [6, 6.07) is 10.2. The number of aromatic hydroxyl groups is 1. The van der Waals surface area contributed by atoms with Crippen molar-refractivity contribution in [3.8, 4) is 17.4 Å². The smallest absolute Gasteiger partial charge is 0.279 e. The number of hydrogen-bond donors (Lipinski definition) is 1. The molecule has 0 aliphatic rings. The second-order valence-corrected chi connectivity index (χ2v) is 6.51. The number of halogens is 2. The molecule has 0 fully saturated rings. The van der Waals surface area contributed by atoms with Gasteiger partial charge < -0.3 is 14.4 Å². The molecule has 0 aliphatic carbocycles. The van der Waals surface area contributed by atoms with Crippen molar-refractivity contribution in [2.75, 3.05) is 0 Å². The topological polar surface area (TPSA) is 85.8 Å². The Morgan fingerprint density at radius 2 is 1.83 bits per heavy atom. The summed E-state index contributed by atoms with van der Waals surface area (Å²) in [7, 11) is 0. The highest BCUT2D eigenvalue weighted by molar-refractivity contribution is 5.85. The molecular formula is C21H17ClFN3O4. The zero-order chi connectivity index (χ0) is 20.5. The summed E-state index contributed by atoms with van der Waals surface area (Å²) in [6.45, 7) is 1.98. The van der Waals surface area contributed by atoms with Crippen LogP contribution >= 0.6 is 12.4 Å². The monoisotopic (exact) mass is 429 g/mol. The first-order valence-electron chi connectivity index (χ1n) is 8.75. The van der Waals surface area contributed by atoms with Crippen LogP contribution in [0.3, 0.4) is 0 Å². The average Bonchev–Trinajstić information content (AvgIpc) is 2.71. The second-order valence-electron chi connectivity index (χ2n) is 6.51. The number of rotatable bonds is 4. The van der Waals surface area contributed by atoms with Crippen molar-refractivity contribution >= 4 is 17.9 Å². The van der Waals surface area contributed by atoms with Gasteiger partial charge in [-0.25, -0.2) is 4.39 Å². The highest BCUT2D eigenvalue weighted by Gasteiger charge is 2.15. The zero-order valence-electron chi connectivity index (χ0n) is 15.8. The van der Waals surface area contributed by atoms with Crippen molar-refractivity contribution in [1.82, 2.24) is 14.0 Å². The standard InChI is InChI=1S/C21H16FN3O4.ClH/c1-13-2-7-16(11-23-13)29-18-10-17(26)20(27)19-21(28)24(8-9-25(18)19)12-14-3-5-15(22)6-4-14;/h2-11,27H,12H2,1H3;1H. The Morgan fingerprint density at radius 3 is 2.50 bits per heavy atom. The van der Waals surface area contributed by atoms with Gasteiger partial charge in [0.15, 0.2) is 11.3 Å². The Kier molecular flexibility index (Phi) is 5.89. The molecule has 0 bridgehead atoms. The van der Waals surface area contributed by atoms with E-state index in [-0.39, 0.29) is 36.2 Å².